The van der Waals surface area contributed by atoms with Crippen LogP contribution >= 0.6 is 11.3 Å². The lowest BCUT2D eigenvalue weighted by molar-refractivity contribution is 0.122. The van der Waals surface area contributed by atoms with E-state index in [4.69, 9.17) is 4.74 Å². The quantitative estimate of drug-likeness (QED) is 0.651. The van der Waals surface area contributed by atoms with Crippen LogP contribution in [-0.2, 0) is 11.3 Å². The molecule has 0 radical (unpaired) electrons. The summed E-state index contributed by atoms with van der Waals surface area (Å²) in [6.07, 6.45) is 0. The Kier molecular flexibility index (Phi) is 4.38. The van der Waals surface area contributed by atoms with Gasteiger partial charge in [-0.15, -0.1) is 11.3 Å². The Morgan fingerprint density at radius 3 is 2.74 bits per heavy atom. The second-order valence-corrected chi connectivity index (χ2v) is 8.62. The summed E-state index contributed by atoms with van der Waals surface area (Å²) in [5.41, 5.74) is 2.73. The number of halogens is 1. The number of nitrogens with zero attached hydrogens (tertiary/aromatic N) is 2. The number of hydrogen-bond donors (Lipinski definition) is 0. The number of hydrogen-bond acceptors (Lipinski definition) is 4. The largest absolute Gasteiger partial charge is 0.378 e. The predicted molar refractivity (Wildman–Crippen MR) is 109 cm³/mol. The highest BCUT2D eigenvalue weighted by molar-refractivity contribution is 7.19. The second-order valence-electron chi connectivity index (χ2n) is 7.50. The molecule has 2 aromatic carbocycles. The van der Waals surface area contributed by atoms with Crippen molar-refractivity contribution in [3.8, 4) is 0 Å². The van der Waals surface area contributed by atoms with Crippen LogP contribution in [0, 0.1) is 5.82 Å². The fourth-order valence-corrected chi connectivity index (χ4v) is 5.50. The monoisotopic (exact) mass is 382 g/mol. The fourth-order valence-electron chi connectivity index (χ4n) is 4.32. The molecule has 1 atom stereocenters. The van der Waals surface area contributed by atoms with E-state index in [-0.39, 0.29) is 11.7 Å². The highest BCUT2D eigenvalue weighted by Gasteiger charge is 2.30. The number of benzene rings is 2. The third kappa shape index (κ3) is 3.04. The van der Waals surface area contributed by atoms with E-state index in [9.17, 15) is 0 Å². The van der Waals surface area contributed by atoms with Crippen molar-refractivity contribution in [3.63, 3.8) is 0 Å². The minimum atomic E-state index is -0.0490. The van der Waals surface area contributed by atoms with Gasteiger partial charge in [-0.05, 0) is 36.2 Å². The van der Waals surface area contributed by atoms with E-state index in [0.29, 0.717) is 19.8 Å². The topological polar surface area (TPSA) is 15.7 Å². The molecule has 2 aliphatic rings. The van der Waals surface area contributed by atoms with Crippen LogP contribution in [0.4, 0.5) is 10.1 Å². The van der Waals surface area contributed by atoms with E-state index in [2.05, 4.69) is 53.2 Å². The van der Waals surface area contributed by atoms with Crippen molar-refractivity contribution >= 4 is 27.1 Å². The summed E-state index contributed by atoms with van der Waals surface area (Å²) >= 11 is 1.83. The van der Waals surface area contributed by atoms with E-state index in [0.717, 1.165) is 36.4 Å². The van der Waals surface area contributed by atoms with E-state index < -0.39 is 0 Å². The van der Waals surface area contributed by atoms with E-state index in [1.165, 1.54) is 15.0 Å². The van der Waals surface area contributed by atoms with Gasteiger partial charge in [0.15, 0.2) is 5.82 Å². The van der Waals surface area contributed by atoms with Crippen LogP contribution in [0.25, 0.3) is 10.1 Å². The second kappa shape index (κ2) is 6.89. The van der Waals surface area contributed by atoms with Gasteiger partial charge in [0.25, 0.3) is 0 Å². The normalized spacial score (nSPS) is 20.8. The van der Waals surface area contributed by atoms with Crippen molar-refractivity contribution in [2.75, 3.05) is 44.8 Å². The van der Waals surface area contributed by atoms with Gasteiger partial charge in [0.1, 0.15) is 0 Å². The molecule has 1 aromatic heterocycles. The van der Waals surface area contributed by atoms with Crippen LogP contribution in [0.2, 0.25) is 0 Å². The van der Waals surface area contributed by atoms with Crippen molar-refractivity contribution in [2.45, 2.75) is 12.5 Å². The van der Waals surface area contributed by atoms with Crippen LogP contribution < -0.4 is 4.90 Å². The number of thiophene rings is 1. The molecule has 0 bridgehead atoms. The van der Waals surface area contributed by atoms with Crippen LogP contribution in [0.5, 0.6) is 0 Å². The lowest BCUT2D eigenvalue weighted by Gasteiger charge is -2.35. The Bertz CT molecular complexity index is 947. The van der Waals surface area contributed by atoms with Crippen molar-refractivity contribution in [1.29, 1.82) is 0 Å². The van der Waals surface area contributed by atoms with Gasteiger partial charge in [0, 0.05) is 47.2 Å². The summed E-state index contributed by atoms with van der Waals surface area (Å²) in [5.74, 6) is 0.177. The van der Waals surface area contributed by atoms with Gasteiger partial charge in [0.2, 0.25) is 0 Å². The number of likely N-dealkylation sites (N-methyl/N-ethyl adjacent to an activating group) is 1. The van der Waals surface area contributed by atoms with Crippen molar-refractivity contribution in [3.05, 3.63) is 64.3 Å². The minimum absolute atomic E-state index is 0.0490. The summed E-state index contributed by atoms with van der Waals surface area (Å²) in [5, 5.41) is 1.28. The van der Waals surface area contributed by atoms with Crippen molar-refractivity contribution in [1.82, 2.24) is 4.90 Å². The maximum atomic E-state index is 15.5. The molecule has 2 aliphatic heterocycles. The molecule has 0 N–H and O–H groups in total. The Balaban J connectivity index is 1.57. The molecule has 3 nitrogen and oxygen atoms in total. The summed E-state index contributed by atoms with van der Waals surface area (Å²) in [6, 6.07) is 14.9. The smallest absolute Gasteiger partial charge is 0.151 e. The zero-order valence-corrected chi connectivity index (χ0v) is 16.3. The van der Waals surface area contributed by atoms with E-state index in [1.54, 1.807) is 0 Å². The third-order valence-corrected chi connectivity index (χ3v) is 6.93. The maximum absolute atomic E-state index is 15.5. The molecule has 1 saturated heterocycles. The fraction of sp³-hybridized carbons (Fsp3) is 0.364. The Labute approximate surface area is 163 Å². The SMILES string of the molecule is CN1Cc2c(ccc(N3CCOCC3)c2F)C(c2cc3ccccc3s2)C1. The number of anilines is 1. The van der Waals surface area contributed by atoms with Crippen LogP contribution in [-0.4, -0.2) is 44.8 Å². The molecule has 140 valence electrons. The Morgan fingerprint density at radius 1 is 1.11 bits per heavy atom. The molecule has 3 heterocycles. The van der Waals surface area contributed by atoms with Crippen molar-refractivity contribution < 1.29 is 9.13 Å². The molecule has 0 spiro atoms. The molecule has 27 heavy (non-hydrogen) atoms. The highest BCUT2D eigenvalue weighted by atomic mass is 32.1. The summed E-state index contributed by atoms with van der Waals surface area (Å²) in [7, 11) is 2.09. The van der Waals surface area contributed by atoms with Crippen LogP contribution in [0.15, 0.2) is 42.5 Å². The molecule has 5 rings (SSSR count). The average Bonchev–Trinajstić information content (AvgIpc) is 3.13. The molecule has 1 fully saturated rings. The molecule has 3 aromatic rings. The standard InChI is InChI=1S/C22H23FN2OS/c1-24-13-17(21-12-15-4-2-3-5-20(15)27-21)16-6-7-19(22(23)18(16)14-24)25-8-10-26-11-9-25/h2-7,12,17H,8-11,13-14H2,1H3. The van der Waals surface area contributed by atoms with E-state index >= 15 is 4.39 Å². The zero-order valence-electron chi connectivity index (χ0n) is 15.5. The number of morpholine rings is 1. The molecule has 0 saturated carbocycles. The van der Waals surface area contributed by atoms with Crippen LogP contribution in [0.3, 0.4) is 0 Å². The van der Waals surface area contributed by atoms with Crippen molar-refractivity contribution in [2.24, 2.45) is 0 Å². The number of fused-ring (bicyclic) bond motifs is 2. The van der Waals surface area contributed by atoms with Gasteiger partial charge in [0.05, 0.1) is 18.9 Å². The molecular formula is C22H23FN2OS. The lowest BCUT2D eigenvalue weighted by Crippen LogP contribution is -2.38. The zero-order chi connectivity index (χ0) is 18.4. The third-order valence-electron chi connectivity index (χ3n) is 5.70. The Hall–Kier alpha value is -1.95. The Morgan fingerprint density at radius 2 is 1.93 bits per heavy atom. The van der Waals surface area contributed by atoms with Gasteiger partial charge in [-0.1, -0.05) is 24.3 Å². The van der Waals surface area contributed by atoms with Gasteiger partial charge in [-0.3, -0.25) is 0 Å². The predicted octanol–water partition coefficient (Wildman–Crippen LogP) is 4.45. The van der Waals surface area contributed by atoms with Gasteiger partial charge in [-0.25, -0.2) is 4.39 Å². The summed E-state index contributed by atoms with van der Waals surface area (Å²) in [6.45, 7) is 4.44. The van der Waals surface area contributed by atoms with Gasteiger partial charge >= 0.3 is 0 Å². The first-order valence-electron chi connectivity index (χ1n) is 9.51. The van der Waals surface area contributed by atoms with E-state index in [1.807, 2.05) is 17.4 Å². The molecule has 0 aliphatic carbocycles. The first-order chi connectivity index (χ1) is 13.2. The van der Waals surface area contributed by atoms with Gasteiger partial charge in [-0.2, -0.15) is 0 Å². The first-order valence-corrected chi connectivity index (χ1v) is 10.3. The number of ether oxygens (including phenoxy) is 1. The molecule has 0 amide bonds. The van der Waals surface area contributed by atoms with Crippen LogP contribution in [0.1, 0.15) is 21.9 Å². The molecule has 5 heteroatoms. The summed E-state index contributed by atoms with van der Waals surface area (Å²) < 4.78 is 22.2. The maximum Gasteiger partial charge on any atom is 0.151 e. The van der Waals surface area contributed by atoms with Gasteiger partial charge < -0.3 is 14.5 Å². The first kappa shape index (κ1) is 17.2. The molecular weight excluding hydrogens is 359 g/mol. The average molecular weight is 383 g/mol. The summed E-state index contributed by atoms with van der Waals surface area (Å²) in [4.78, 5) is 5.67. The molecule has 1 unspecified atom stereocenters. The minimum Gasteiger partial charge on any atom is -0.378 e. The lowest BCUT2D eigenvalue weighted by atomic mass is 9.87. The highest BCUT2D eigenvalue weighted by Crippen LogP contribution is 2.41. The number of rotatable bonds is 2.